The van der Waals surface area contributed by atoms with Crippen LogP contribution >= 0.6 is 0 Å². The molecule has 3 heterocycles. The number of sulfonamides is 1. The Balaban J connectivity index is 1.61. The van der Waals surface area contributed by atoms with Crippen molar-refractivity contribution in [2.24, 2.45) is 5.41 Å². The summed E-state index contributed by atoms with van der Waals surface area (Å²) in [6.45, 7) is 9.14. The summed E-state index contributed by atoms with van der Waals surface area (Å²) in [6.07, 6.45) is 2.19. The third-order valence-corrected chi connectivity index (χ3v) is 8.30. The van der Waals surface area contributed by atoms with Crippen molar-refractivity contribution in [3.05, 3.63) is 88.8 Å². The Morgan fingerprint density at radius 2 is 1.71 bits per heavy atom. The van der Waals surface area contributed by atoms with Gasteiger partial charge in [-0.25, -0.2) is 18.1 Å². The van der Waals surface area contributed by atoms with Gasteiger partial charge in [-0.1, -0.05) is 50.2 Å². The van der Waals surface area contributed by atoms with Crippen molar-refractivity contribution in [2.75, 3.05) is 11.4 Å². The lowest BCUT2D eigenvalue weighted by atomic mass is 9.86. The number of nitrogens with one attached hydrogen (secondary N) is 2. The van der Waals surface area contributed by atoms with Gasteiger partial charge in [0.25, 0.3) is 21.5 Å². The van der Waals surface area contributed by atoms with Gasteiger partial charge in [0, 0.05) is 23.8 Å². The van der Waals surface area contributed by atoms with Gasteiger partial charge in [-0.3, -0.25) is 9.59 Å². The van der Waals surface area contributed by atoms with Gasteiger partial charge in [0.1, 0.15) is 5.82 Å². The second kappa shape index (κ2) is 9.09. The van der Waals surface area contributed by atoms with Crippen LogP contribution in [-0.2, 0) is 10.0 Å². The van der Waals surface area contributed by atoms with Crippen LogP contribution in [0.2, 0.25) is 0 Å². The number of anilines is 1. The Hall–Kier alpha value is -3.98. The van der Waals surface area contributed by atoms with E-state index in [-0.39, 0.29) is 16.5 Å². The van der Waals surface area contributed by atoms with E-state index in [0.717, 1.165) is 28.8 Å². The third-order valence-electron chi connectivity index (χ3n) is 6.95. The van der Waals surface area contributed by atoms with Crippen LogP contribution in [0.5, 0.6) is 0 Å². The molecule has 1 fully saturated rings. The number of H-pyrrole nitrogens is 1. The Bertz CT molecular complexity index is 1720. The van der Waals surface area contributed by atoms with Crippen molar-refractivity contribution in [3.8, 4) is 11.3 Å². The maximum Gasteiger partial charge on any atom is 0.269 e. The lowest BCUT2D eigenvalue weighted by molar-refractivity contribution is 0.0981. The normalized spacial score (nSPS) is 16.5. The molecule has 0 radical (unpaired) electrons. The molecular formula is C29H30N4O4S. The first-order valence-corrected chi connectivity index (χ1v) is 13.9. The fourth-order valence-electron chi connectivity index (χ4n) is 5.52. The molecule has 0 atom stereocenters. The fourth-order valence-corrected chi connectivity index (χ4v) is 6.54. The number of aromatic nitrogens is 2. The molecule has 4 aromatic rings. The summed E-state index contributed by atoms with van der Waals surface area (Å²) < 4.78 is 27.9. The van der Waals surface area contributed by atoms with Gasteiger partial charge in [0.05, 0.1) is 11.3 Å². The summed E-state index contributed by atoms with van der Waals surface area (Å²) >= 11 is 0. The topological polar surface area (TPSA) is 112 Å². The van der Waals surface area contributed by atoms with Crippen molar-refractivity contribution >= 4 is 32.5 Å². The number of benzene rings is 2. The Morgan fingerprint density at radius 1 is 0.974 bits per heavy atom. The molecule has 0 aliphatic carbocycles. The molecule has 0 unspecified atom stereocenters. The van der Waals surface area contributed by atoms with Crippen LogP contribution in [0.15, 0.2) is 82.6 Å². The molecule has 196 valence electrons. The predicted octanol–water partition coefficient (Wildman–Crippen LogP) is 4.72. The minimum absolute atomic E-state index is 0.0404. The van der Waals surface area contributed by atoms with Gasteiger partial charge in [-0.15, -0.1) is 0 Å². The highest BCUT2D eigenvalue weighted by Gasteiger charge is 2.45. The van der Waals surface area contributed by atoms with E-state index in [0.29, 0.717) is 18.1 Å². The number of amides is 1. The van der Waals surface area contributed by atoms with E-state index in [1.807, 2.05) is 42.5 Å². The monoisotopic (exact) mass is 530 g/mol. The zero-order chi connectivity index (χ0) is 27.3. The number of pyridine rings is 2. The average molecular weight is 531 g/mol. The van der Waals surface area contributed by atoms with Gasteiger partial charge in [0.15, 0.2) is 4.90 Å². The van der Waals surface area contributed by atoms with Gasteiger partial charge in [0.2, 0.25) is 0 Å². The average Bonchev–Trinajstić information content (AvgIpc) is 3.09. The number of rotatable bonds is 5. The molecule has 1 amide bonds. The molecule has 8 nitrogen and oxygen atoms in total. The largest absolute Gasteiger partial charge is 0.350 e. The van der Waals surface area contributed by atoms with Crippen LogP contribution in [0.1, 0.15) is 44.5 Å². The molecule has 0 spiro atoms. The number of nitrogens with zero attached hydrogens (tertiary/aromatic N) is 2. The number of hydrogen-bond acceptors (Lipinski definition) is 6. The quantitative estimate of drug-likeness (QED) is 0.386. The number of fused-ring (bicyclic) bond motifs is 1. The first-order chi connectivity index (χ1) is 17.9. The SMILES string of the molecule is CC1(C)CN(c2nc(-c3ccc4ccccc4c3)ccc2C(=O)NS(=O)(=O)c2ccc[nH]c2=O)C(C)(C)C1. The van der Waals surface area contributed by atoms with E-state index < -0.39 is 26.4 Å². The second-order valence-corrected chi connectivity index (χ2v) is 12.8. The van der Waals surface area contributed by atoms with Gasteiger partial charge >= 0.3 is 0 Å². The highest BCUT2D eigenvalue weighted by molar-refractivity contribution is 7.90. The fraction of sp³-hybridized carbons (Fsp3) is 0.276. The van der Waals surface area contributed by atoms with Crippen molar-refractivity contribution in [1.82, 2.24) is 14.7 Å². The molecule has 1 aliphatic heterocycles. The first-order valence-electron chi connectivity index (χ1n) is 12.4. The smallest absolute Gasteiger partial charge is 0.269 e. The molecule has 5 rings (SSSR count). The van der Waals surface area contributed by atoms with Crippen LogP contribution in [0.4, 0.5) is 5.82 Å². The Labute approximate surface area is 221 Å². The zero-order valence-electron chi connectivity index (χ0n) is 21.8. The summed E-state index contributed by atoms with van der Waals surface area (Å²) in [6, 6.07) is 20.0. The molecular weight excluding hydrogens is 500 g/mol. The number of aromatic amines is 1. The van der Waals surface area contributed by atoms with Gasteiger partial charge in [-0.05, 0) is 66.8 Å². The zero-order valence-corrected chi connectivity index (χ0v) is 22.6. The summed E-state index contributed by atoms with van der Waals surface area (Å²) in [5.41, 5.74) is 0.503. The van der Waals surface area contributed by atoms with E-state index in [4.69, 9.17) is 4.98 Å². The minimum Gasteiger partial charge on any atom is -0.350 e. The molecule has 9 heteroatoms. The van der Waals surface area contributed by atoms with Gasteiger partial charge < -0.3 is 9.88 Å². The van der Waals surface area contributed by atoms with Crippen LogP contribution in [0.3, 0.4) is 0 Å². The molecule has 2 aromatic heterocycles. The highest BCUT2D eigenvalue weighted by atomic mass is 32.2. The standard InChI is InChI=1S/C29H30N4O4S/c1-28(2)17-29(3,4)33(18-28)25-22(26(34)32-38(36,37)24-10-7-15-30-27(24)35)13-14-23(31-25)21-12-11-19-8-5-6-9-20(19)16-21/h5-16H,17-18H2,1-4H3,(H,30,35)(H,32,34). The van der Waals surface area contributed by atoms with Crippen LogP contribution in [0, 0.1) is 5.41 Å². The highest BCUT2D eigenvalue weighted by Crippen LogP contribution is 2.44. The molecule has 38 heavy (non-hydrogen) atoms. The Kier molecular flexibility index (Phi) is 6.14. The maximum absolute atomic E-state index is 13.4. The number of carbonyl (C=O) groups excluding carboxylic acids is 1. The summed E-state index contributed by atoms with van der Waals surface area (Å²) in [7, 11) is -4.41. The van der Waals surface area contributed by atoms with Crippen molar-refractivity contribution in [1.29, 1.82) is 0 Å². The van der Waals surface area contributed by atoms with Crippen molar-refractivity contribution in [3.63, 3.8) is 0 Å². The first kappa shape index (κ1) is 25.7. The molecule has 2 aromatic carbocycles. The van der Waals surface area contributed by atoms with E-state index in [1.165, 1.54) is 12.3 Å². The Morgan fingerprint density at radius 3 is 2.39 bits per heavy atom. The van der Waals surface area contributed by atoms with E-state index >= 15 is 0 Å². The van der Waals surface area contributed by atoms with E-state index in [9.17, 15) is 18.0 Å². The third kappa shape index (κ3) is 4.81. The van der Waals surface area contributed by atoms with Crippen LogP contribution in [0.25, 0.3) is 22.0 Å². The summed E-state index contributed by atoms with van der Waals surface area (Å²) in [5, 5.41) is 2.17. The lowest BCUT2D eigenvalue weighted by Crippen LogP contribution is -2.41. The van der Waals surface area contributed by atoms with Gasteiger partial charge in [-0.2, -0.15) is 0 Å². The summed E-state index contributed by atoms with van der Waals surface area (Å²) in [5.74, 6) is -0.442. The summed E-state index contributed by atoms with van der Waals surface area (Å²) in [4.78, 5) is 34.4. The maximum atomic E-state index is 13.4. The predicted molar refractivity (Wildman–Crippen MR) is 149 cm³/mol. The second-order valence-electron chi connectivity index (χ2n) is 11.2. The number of hydrogen-bond donors (Lipinski definition) is 2. The van der Waals surface area contributed by atoms with Crippen LogP contribution in [-0.4, -0.2) is 36.4 Å². The van der Waals surface area contributed by atoms with Crippen molar-refractivity contribution < 1.29 is 13.2 Å². The molecule has 1 aliphatic rings. The molecule has 0 bridgehead atoms. The molecule has 2 N–H and O–H groups in total. The van der Waals surface area contributed by atoms with E-state index in [1.54, 1.807) is 12.1 Å². The van der Waals surface area contributed by atoms with Crippen LogP contribution < -0.4 is 15.2 Å². The van der Waals surface area contributed by atoms with Crippen molar-refractivity contribution in [2.45, 2.75) is 44.6 Å². The number of carbonyl (C=O) groups is 1. The molecule has 1 saturated heterocycles. The molecule has 0 saturated carbocycles. The van der Waals surface area contributed by atoms with E-state index in [2.05, 4.69) is 42.3 Å². The minimum atomic E-state index is -4.41. The lowest BCUT2D eigenvalue weighted by Gasteiger charge is -2.34.